The first-order valence-corrected chi connectivity index (χ1v) is 5.31. The third kappa shape index (κ3) is 1.26. The summed E-state index contributed by atoms with van der Waals surface area (Å²) in [6, 6.07) is 8.45. The molecule has 1 heterocycles. The van der Waals surface area contributed by atoms with E-state index in [1.54, 1.807) is 0 Å². The van der Waals surface area contributed by atoms with E-state index in [1.807, 2.05) is 6.07 Å². The number of hydrogen-bond donors (Lipinski definition) is 1. The second-order valence-corrected chi connectivity index (χ2v) is 4.34. The molecule has 1 fully saturated rings. The third-order valence-corrected chi connectivity index (χ3v) is 3.29. The Hall–Kier alpha value is -0.860. The van der Waals surface area contributed by atoms with Crippen molar-refractivity contribution >= 4 is 0 Å². The number of hydrogen-bond acceptors (Lipinski definition) is 2. The molecule has 1 aromatic rings. The van der Waals surface area contributed by atoms with Crippen LogP contribution in [0.25, 0.3) is 0 Å². The highest BCUT2D eigenvalue weighted by atomic mass is 16.5. The molecule has 2 unspecified atom stereocenters. The molecule has 2 nitrogen and oxygen atoms in total. The fraction of sp³-hybridized carbons (Fsp3) is 0.500. The van der Waals surface area contributed by atoms with E-state index < -0.39 is 0 Å². The van der Waals surface area contributed by atoms with Crippen molar-refractivity contribution in [2.75, 3.05) is 0 Å². The topological polar surface area (TPSA) is 35.2 Å². The SMILES string of the molecule is NC1c2ccccc2COC1C1CC1. The normalized spacial score (nSPS) is 31.2. The zero-order valence-electron chi connectivity index (χ0n) is 8.15. The maximum absolute atomic E-state index is 6.21. The fourth-order valence-electron chi connectivity index (χ4n) is 2.31. The zero-order valence-corrected chi connectivity index (χ0v) is 8.15. The molecule has 3 rings (SSSR count). The van der Waals surface area contributed by atoms with Gasteiger partial charge in [-0.15, -0.1) is 0 Å². The van der Waals surface area contributed by atoms with Crippen LogP contribution in [0.3, 0.4) is 0 Å². The lowest BCUT2D eigenvalue weighted by molar-refractivity contribution is -0.00511. The van der Waals surface area contributed by atoms with E-state index in [9.17, 15) is 0 Å². The number of benzene rings is 1. The minimum Gasteiger partial charge on any atom is -0.371 e. The first-order chi connectivity index (χ1) is 6.86. The Morgan fingerprint density at radius 1 is 1.21 bits per heavy atom. The Morgan fingerprint density at radius 2 is 2.00 bits per heavy atom. The van der Waals surface area contributed by atoms with Gasteiger partial charge in [0.25, 0.3) is 0 Å². The zero-order chi connectivity index (χ0) is 9.54. The number of rotatable bonds is 1. The van der Waals surface area contributed by atoms with Gasteiger partial charge in [0.1, 0.15) is 0 Å². The molecular weight excluding hydrogens is 174 g/mol. The molecule has 1 aliphatic heterocycles. The van der Waals surface area contributed by atoms with Gasteiger partial charge in [-0.1, -0.05) is 24.3 Å². The van der Waals surface area contributed by atoms with Crippen molar-refractivity contribution in [3.05, 3.63) is 35.4 Å². The van der Waals surface area contributed by atoms with Crippen LogP contribution in [0.5, 0.6) is 0 Å². The Kier molecular flexibility index (Phi) is 1.85. The van der Waals surface area contributed by atoms with Gasteiger partial charge in [-0.2, -0.15) is 0 Å². The molecule has 0 amide bonds. The van der Waals surface area contributed by atoms with Crippen LogP contribution in [0, 0.1) is 5.92 Å². The number of fused-ring (bicyclic) bond motifs is 1. The van der Waals surface area contributed by atoms with E-state index >= 15 is 0 Å². The average Bonchev–Trinajstić information content (AvgIpc) is 3.03. The van der Waals surface area contributed by atoms with E-state index in [1.165, 1.54) is 24.0 Å². The quantitative estimate of drug-likeness (QED) is 0.733. The lowest BCUT2D eigenvalue weighted by Gasteiger charge is -2.31. The van der Waals surface area contributed by atoms with Gasteiger partial charge in [0.2, 0.25) is 0 Å². The Morgan fingerprint density at radius 3 is 2.79 bits per heavy atom. The summed E-state index contributed by atoms with van der Waals surface area (Å²) in [6.45, 7) is 0.741. The molecule has 0 saturated heterocycles. The van der Waals surface area contributed by atoms with E-state index in [2.05, 4.69) is 18.2 Å². The Labute approximate surface area is 84.1 Å². The van der Waals surface area contributed by atoms with Gasteiger partial charge in [0.05, 0.1) is 18.8 Å². The average molecular weight is 189 g/mol. The van der Waals surface area contributed by atoms with Crippen molar-refractivity contribution in [3.8, 4) is 0 Å². The predicted octanol–water partition coefficient (Wildman–Crippen LogP) is 2.00. The summed E-state index contributed by atoms with van der Waals surface area (Å²) in [4.78, 5) is 0. The molecular formula is C12H15NO. The summed E-state index contributed by atoms with van der Waals surface area (Å²) in [6.07, 6.45) is 2.85. The summed E-state index contributed by atoms with van der Waals surface area (Å²) in [5.41, 5.74) is 8.76. The summed E-state index contributed by atoms with van der Waals surface area (Å²) in [7, 11) is 0. The first kappa shape index (κ1) is 8.45. The minimum absolute atomic E-state index is 0.0902. The van der Waals surface area contributed by atoms with Gasteiger partial charge < -0.3 is 10.5 Å². The largest absolute Gasteiger partial charge is 0.371 e. The molecule has 1 aromatic carbocycles. The molecule has 0 aromatic heterocycles. The van der Waals surface area contributed by atoms with Crippen LogP contribution < -0.4 is 5.73 Å². The maximum Gasteiger partial charge on any atom is 0.0800 e. The minimum atomic E-state index is 0.0902. The molecule has 1 saturated carbocycles. The van der Waals surface area contributed by atoms with Crippen molar-refractivity contribution in [2.24, 2.45) is 11.7 Å². The molecule has 0 radical (unpaired) electrons. The number of ether oxygens (including phenoxy) is 1. The van der Waals surface area contributed by atoms with E-state index in [0.717, 1.165) is 12.5 Å². The standard InChI is InChI=1S/C12H15NO/c13-11-10-4-2-1-3-9(10)7-14-12(11)8-5-6-8/h1-4,8,11-12H,5-7,13H2. The molecule has 2 atom stereocenters. The van der Waals surface area contributed by atoms with Gasteiger partial charge >= 0.3 is 0 Å². The van der Waals surface area contributed by atoms with Crippen LogP contribution in [-0.2, 0) is 11.3 Å². The van der Waals surface area contributed by atoms with Crippen molar-refractivity contribution in [1.82, 2.24) is 0 Å². The molecule has 1 aliphatic carbocycles. The van der Waals surface area contributed by atoms with E-state index in [4.69, 9.17) is 10.5 Å². The lowest BCUT2D eigenvalue weighted by atomic mass is 9.92. The third-order valence-electron chi connectivity index (χ3n) is 3.29. The van der Waals surface area contributed by atoms with Crippen molar-refractivity contribution in [3.63, 3.8) is 0 Å². The molecule has 2 aliphatic rings. The van der Waals surface area contributed by atoms with Crippen molar-refractivity contribution in [2.45, 2.75) is 31.6 Å². The van der Waals surface area contributed by atoms with Crippen LogP contribution in [-0.4, -0.2) is 6.10 Å². The summed E-state index contributed by atoms with van der Waals surface area (Å²) in [5, 5.41) is 0. The van der Waals surface area contributed by atoms with Gasteiger partial charge in [0.15, 0.2) is 0 Å². The maximum atomic E-state index is 6.21. The molecule has 2 N–H and O–H groups in total. The second kappa shape index (κ2) is 3.07. The molecule has 0 spiro atoms. The van der Waals surface area contributed by atoms with Crippen LogP contribution in [0.2, 0.25) is 0 Å². The monoisotopic (exact) mass is 189 g/mol. The summed E-state index contributed by atoms with van der Waals surface area (Å²) >= 11 is 0. The van der Waals surface area contributed by atoms with Gasteiger partial charge in [-0.05, 0) is 29.9 Å². The highest BCUT2D eigenvalue weighted by Crippen LogP contribution is 2.42. The Balaban J connectivity index is 1.94. The van der Waals surface area contributed by atoms with E-state index in [0.29, 0.717) is 0 Å². The summed E-state index contributed by atoms with van der Waals surface area (Å²) in [5.74, 6) is 0.721. The molecule has 14 heavy (non-hydrogen) atoms. The van der Waals surface area contributed by atoms with Gasteiger partial charge in [-0.25, -0.2) is 0 Å². The summed E-state index contributed by atoms with van der Waals surface area (Å²) < 4.78 is 5.82. The predicted molar refractivity (Wildman–Crippen MR) is 54.7 cm³/mol. The van der Waals surface area contributed by atoms with Crippen LogP contribution >= 0.6 is 0 Å². The lowest BCUT2D eigenvalue weighted by Crippen LogP contribution is -2.35. The Bertz CT molecular complexity index is 346. The van der Waals surface area contributed by atoms with Crippen LogP contribution in [0.1, 0.15) is 30.0 Å². The van der Waals surface area contributed by atoms with Crippen molar-refractivity contribution < 1.29 is 4.74 Å². The van der Waals surface area contributed by atoms with Gasteiger partial charge in [-0.3, -0.25) is 0 Å². The molecule has 2 heteroatoms. The highest BCUT2D eigenvalue weighted by molar-refractivity contribution is 5.32. The van der Waals surface area contributed by atoms with Crippen LogP contribution in [0.15, 0.2) is 24.3 Å². The second-order valence-electron chi connectivity index (χ2n) is 4.34. The number of nitrogens with two attached hydrogens (primary N) is 1. The molecule has 74 valence electrons. The van der Waals surface area contributed by atoms with Crippen LogP contribution in [0.4, 0.5) is 0 Å². The van der Waals surface area contributed by atoms with Gasteiger partial charge in [0, 0.05) is 0 Å². The smallest absolute Gasteiger partial charge is 0.0800 e. The van der Waals surface area contributed by atoms with E-state index in [-0.39, 0.29) is 12.1 Å². The van der Waals surface area contributed by atoms with Crippen molar-refractivity contribution in [1.29, 1.82) is 0 Å². The highest BCUT2D eigenvalue weighted by Gasteiger charge is 2.39. The first-order valence-electron chi connectivity index (χ1n) is 5.31. The molecule has 0 bridgehead atoms. The fourth-order valence-corrected chi connectivity index (χ4v) is 2.31.